The molecule has 1 N–H and O–H groups in total. The summed E-state index contributed by atoms with van der Waals surface area (Å²) in [4.78, 5) is 27.9. The zero-order valence-corrected chi connectivity index (χ0v) is 14.3. The zero-order chi connectivity index (χ0) is 16.7. The number of aryl methyl sites for hydroxylation is 1. The molecular formula is C17H20N4O2S. The van der Waals surface area contributed by atoms with Crippen molar-refractivity contribution in [3.8, 4) is 0 Å². The number of rotatable bonds is 4. The van der Waals surface area contributed by atoms with Crippen molar-refractivity contribution in [3.05, 3.63) is 40.3 Å². The van der Waals surface area contributed by atoms with Gasteiger partial charge in [-0.05, 0) is 43.2 Å². The standard InChI is InChI=1S/C17H20N4O2S/c1-2-21-13(5-6-18-21)17(23)20-10-11-8-12(14(20)9-11)19-16(22)15-4-3-7-24-15/h3-7,11-12,14H,2,8-10H2,1H3,(H,19,22)/t11-,12+,14-/m1/s1. The molecule has 0 radical (unpaired) electrons. The van der Waals surface area contributed by atoms with E-state index in [1.54, 1.807) is 16.9 Å². The number of fused-ring (bicyclic) bond motifs is 2. The van der Waals surface area contributed by atoms with Crippen LogP contribution in [0.15, 0.2) is 29.8 Å². The predicted molar refractivity (Wildman–Crippen MR) is 91.0 cm³/mol. The van der Waals surface area contributed by atoms with Crippen molar-refractivity contribution in [2.24, 2.45) is 5.92 Å². The van der Waals surface area contributed by atoms with E-state index in [1.165, 1.54) is 11.3 Å². The van der Waals surface area contributed by atoms with E-state index in [4.69, 9.17) is 0 Å². The lowest BCUT2D eigenvalue weighted by molar-refractivity contribution is 0.0637. The second kappa shape index (κ2) is 6.05. The topological polar surface area (TPSA) is 67.2 Å². The average molecular weight is 344 g/mol. The van der Waals surface area contributed by atoms with E-state index in [0.717, 1.165) is 24.3 Å². The van der Waals surface area contributed by atoms with Crippen molar-refractivity contribution < 1.29 is 9.59 Å². The molecule has 0 spiro atoms. The third kappa shape index (κ3) is 2.53. The highest BCUT2D eigenvalue weighted by molar-refractivity contribution is 7.12. The van der Waals surface area contributed by atoms with E-state index >= 15 is 0 Å². The van der Waals surface area contributed by atoms with Crippen molar-refractivity contribution in [3.63, 3.8) is 0 Å². The number of carbonyl (C=O) groups is 2. The number of hydrogen-bond acceptors (Lipinski definition) is 4. The Labute approximate surface area is 144 Å². The molecule has 4 rings (SSSR count). The normalized spacial score (nSPS) is 25.2. The summed E-state index contributed by atoms with van der Waals surface area (Å²) in [6.45, 7) is 3.43. The minimum absolute atomic E-state index is 0.0249. The Balaban J connectivity index is 1.49. The average Bonchev–Trinajstić information content (AvgIpc) is 3.36. The van der Waals surface area contributed by atoms with E-state index in [1.807, 2.05) is 29.3 Å². The summed E-state index contributed by atoms with van der Waals surface area (Å²) in [5, 5.41) is 9.22. The smallest absolute Gasteiger partial charge is 0.272 e. The molecule has 1 aliphatic heterocycles. The van der Waals surface area contributed by atoms with E-state index in [9.17, 15) is 9.59 Å². The van der Waals surface area contributed by atoms with Crippen LogP contribution in [0.5, 0.6) is 0 Å². The number of nitrogens with one attached hydrogen (secondary N) is 1. The third-order valence-corrected chi connectivity index (χ3v) is 5.91. The molecule has 6 nitrogen and oxygen atoms in total. The summed E-state index contributed by atoms with van der Waals surface area (Å²) in [5.41, 5.74) is 0.633. The molecule has 2 bridgehead atoms. The molecule has 2 aromatic heterocycles. The molecule has 7 heteroatoms. The number of piperidine rings is 1. The first-order valence-corrected chi connectivity index (χ1v) is 9.22. The Morgan fingerprint density at radius 1 is 1.38 bits per heavy atom. The van der Waals surface area contributed by atoms with Crippen LogP contribution in [-0.2, 0) is 6.54 Å². The van der Waals surface area contributed by atoms with Crippen molar-refractivity contribution in [1.29, 1.82) is 0 Å². The van der Waals surface area contributed by atoms with Gasteiger partial charge in [0.15, 0.2) is 0 Å². The van der Waals surface area contributed by atoms with Crippen LogP contribution in [-0.4, -0.2) is 45.1 Å². The van der Waals surface area contributed by atoms with Gasteiger partial charge in [-0.2, -0.15) is 5.10 Å². The first-order valence-electron chi connectivity index (χ1n) is 8.34. The van der Waals surface area contributed by atoms with Crippen LogP contribution < -0.4 is 5.32 Å². The number of aromatic nitrogens is 2. The lowest BCUT2D eigenvalue weighted by Gasteiger charge is -2.33. The Kier molecular flexibility index (Phi) is 3.88. The maximum atomic E-state index is 12.9. The highest BCUT2D eigenvalue weighted by Crippen LogP contribution is 2.38. The molecule has 0 unspecified atom stereocenters. The summed E-state index contributed by atoms with van der Waals surface area (Å²) in [5.74, 6) is 0.469. The molecule has 2 aromatic rings. The van der Waals surface area contributed by atoms with E-state index in [0.29, 0.717) is 18.2 Å². The number of carbonyl (C=O) groups excluding carboxylic acids is 2. The van der Waals surface area contributed by atoms with Gasteiger partial charge in [-0.15, -0.1) is 11.3 Å². The van der Waals surface area contributed by atoms with Gasteiger partial charge < -0.3 is 10.2 Å². The van der Waals surface area contributed by atoms with Gasteiger partial charge in [0.2, 0.25) is 0 Å². The number of hydrogen-bond donors (Lipinski definition) is 1. The predicted octanol–water partition coefficient (Wildman–Crippen LogP) is 2.00. The molecule has 126 valence electrons. The Bertz CT molecular complexity index is 754. The first-order chi connectivity index (χ1) is 11.7. The zero-order valence-electron chi connectivity index (χ0n) is 13.5. The SMILES string of the molecule is CCn1nccc1C(=O)N1C[C@@H]2C[C@H](NC(=O)c3cccs3)[C@H]1C2. The minimum Gasteiger partial charge on any atom is -0.347 e. The summed E-state index contributed by atoms with van der Waals surface area (Å²) >= 11 is 1.44. The summed E-state index contributed by atoms with van der Waals surface area (Å²) in [7, 11) is 0. The lowest BCUT2D eigenvalue weighted by atomic mass is 10.0. The largest absolute Gasteiger partial charge is 0.347 e. The molecule has 2 fully saturated rings. The fraction of sp³-hybridized carbons (Fsp3) is 0.471. The van der Waals surface area contributed by atoms with Crippen LogP contribution in [0.2, 0.25) is 0 Å². The fourth-order valence-electron chi connectivity index (χ4n) is 3.97. The molecule has 1 aliphatic carbocycles. The van der Waals surface area contributed by atoms with Gasteiger partial charge in [0, 0.05) is 25.3 Å². The molecule has 3 atom stereocenters. The van der Waals surface area contributed by atoms with Gasteiger partial charge in [0.1, 0.15) is 5.69 Å². The Morgan fingerprint density at radius 2 is 2.25 bits per heavy atom. The van der Waals surface area contributed by atoms with Gasteiger partial charge in [0.05, 0.1) is 10.9 Å². The van der Waals surface area contributed by atoms with Crippen LogP contribution in [0.4, 0.5) is 0 Å². The molecule has 2 amide bonds. The summed E-state index contributed by atoms with van der Waals surface area (Å²) < 4.78 is 1.73. The summed E-state index contributed by atoms with van der Waals surface area (Å²) in [6.07, 6.45) is 3.60. The van der Waals surface area contributed by atoms with Gasteiger partial charge in [-0.1, -0.05) is 6.07 Å². The van der Waals surface area contributed by atoms with Crippen molar-refractivity contribution in [1.82, 2.24) is 20.0 Å². The molecular weight excluding hydrogens is 324 g/mol. The quantitative estimate of drug-likeness (QED) is 0.922. The van der Waals surface area contributed by atoms with Crippen LogP contribution in [0.25, 0.3) is 0 Å². The van der Waals surface area contributed by atoms with Crippen molar-refractivity contribution in [2.45, 2.75) is 38.4 Å². The highest BCUT2D eigenvalue weighted by Gasteiger charge is 2.48. The third-order valence-electron chi connectivity index (χ3n) is 5.04. The van der Waals surface area contributed by atoms with Crippen LogP contribution in [0.3, 0.4) is 0 Å². The summed E-state index contributed by atoms with van der Waals surface area (Å²) in [6, 6.07) is 5.61. The second-order valence-electron chi connectivity index (χ2n) is 6.45. The van der Waals surface area contributed by atoms with E-state index in [-0.39, 0.29) is 23.9 Å². The Morgan fingerprint density at radius 3 is 2.96 bits per heavy atom. The number of likely N-dealkylation sites (tertiary alicyclic amines) is 1. The van der Waals surface area contributed by atoms with E-state index in [2.05, 4.69) is 10.4 Å². The fourth-order valence-corrected chi connectivity index (χ4v) is 4.60. The number of thiophene rings is 1. The monoisotopic (exact) mass is 344 g/mol. The van der Waals surface area contributed by atoms with Crippen LogP contribution >= 0.6 is 11.3 Å². The number of nitrogens with zero attached hydrogens (tertiary/aromatic N) is 3. The lowest BCUT2D eigenvalue weighted by Crippen LogP contribution is -2.52. The van der Waals surface area contributed by atoms with Crippen molar-refractivity contribution >= 4 is 23.2 Å². The van der Waals surface area contributed by atoms with Gasteiger partial charge >= 0.3 is 0 Å². The molecule has 1 saturated carbocycles. The molecule has 1 saturated heterocycles. The highest BCUT2D eigenvalue weighted by atomic mass is 32.1. The van der Waals surface area contributed by atoms with Gasteiger partial charge in [0.25, 0.3) is 11.8 Å². The maximum Gasteiger partial charge on any atom is 0.272 e. The van der Waals surface area contributed by atoms with Crippen LogP contribution in [0, 0.1) is 5.92 Å². The molecule has 24 heavy (non-hydrogen) atoms. The molecule has 2 aliphatic rings. The first kappa shape index (κ1) is 15.4. The minimum atomic E-state index is -0.0338. The molecule has 3 heterocycles. The van der Waals surface area contributed by atoms with Crippen molar-refractivity contribution in [2.75, 3.05) is 6.54 Å². The Hall–Kier alpha value is -2.15. The van der Waals surface area contributed by atoms with Gasteiger partial charge in [-0.25, -0.2) is 0 Å². The second-order valence-corrected chi connectivity index (χ2v) is 7.40. The molecule has 0 aromatic carbocycles. The maximum absolute atomic E-state index is 12.9. The van der Waals surface area contributed by atoms with E-state index < -0.39 is 0 Å². The number of amides is 2. The van der Waals surface area contributed by atoms with Crippen LogP contribution in [0.1, 0.15) is 39.9 Å². The van der Waals surface area contributed by atoms with Gasteiger partial charge in [-0.3, -0.25) is 14.3 Å².